The standard InChI is InChI=1S/C16H24N6O.ClH/c1-11-5-3-7-21(9-11)15-16(22-8-4-6-12(2)10-22)18-14-13(17-15)19-23-20-14;/h11-12H,3-10H2,1-2H3;1H. The van der Waals surface area contributed by atoms with Gasteiger partial charge in [-0.05, 0) is 47.8 Å². The van der Waals surface area contributed by atoms with Crippen molar-refractivity contribution >= 4 is 35.3 Å². The summed E-state index contributed by atoms with van der Waals surface area (Å²) in [5, 5.41) is 7.78. The highest BCUT2D eigenvalue weighted by Gasteiger charge is 2.27. The second-order valence-corrected chi connectivity index (χ2v) is 7.17. The average Bonchev–Trinajstić information content (AvgIpc) is 3.01. The zero-order valence-electron chi connectivity index (χ0n) is 14.3. The number of piperidine rings is 2. The maximum atomic E-state index is 4.83. The van der Waals surface area contributed by atoms with Crippen molar-refractivity contribution in [2.45, 2.75) is 39.5 Å². The Labute approximate surface area is 148 Å². The van der Waals surface area contributed by atoms with E-state index in [1.165, 1.54) is 25.7 Å². The van der Waals surface area contributed by atoms with Crippen LogP contribution < -0.4 is 9.80 Å². The Hall–Kier alpha value is -1.63. The Morgan fingerprint density at radius 1 is 0.833 bits per heavy atom. The van der Waals surface area contributed by atoms with Crippen LogP contribution in [0.3, 0.4) is 0 Å². The van der Waals surface area contributed by atoms with Gasteiger partial charge in [-0.1, -0.05) is 13.8 Å². The van der Waals surface area contributed by atoms with E-state index in [1.807, 2.05) is 0 Å². The van der Waals surface area contributed by atoms with Crippen molar-refractivity contribution in [2.24, 2.45) is 11.8 Å². The van der Waals surface area contributed by atoms with Crippen LogP contribution in [0.2, 0.25) is 0 Å². The Balaban J connectivity index is 0.00000169. The molecule has 0 N–H and O–H groups in total. The molecule has 8 heteroatoms. The van der Waals surface area contributed by atoms with Crippen molar-refractivity contribution in [1.29, 1.82) is 0 Å². The lowest BCUT2D eigenvalue weighted by molar-refractivity contribution is 0.314. The first-order valence-electron chi connectivity index (χ1n) is 8.71. The normalized spacial score (nSPS) is 24.9. The Bertz CT molecular complexity index is 636. The first-order chi connectivity index (χ1) is 11.2. The molecular weight excluding hydrogens is 328 g/mol. The van der Waals surface area contributed by atoms with Gasteiger partial charge in [0, 0.05) is 26.2 Å². The number of anilines is 2. The molecule has 0 aromatic carbocycles. The molecule has 0 aliphatic carbocycles. The fourth-order valence-electron chi connectivity index (χ4n) is 3.81. The molecule has 0 bridgehead atoms. The molecule has 2 aromatic heterocycles. The Morgan fingerprint density at radius 3 is 1.71 bits per heavy atom. The molecule has 2 aliphatic heterocycles. The zero-order valence-corrected chi connectivity index (χ0v) is 15.1. The molecule has 2 unspecified atom stereocenters. The molecule has 0 radical (unpaired) electrons. The van der Waals surface area contributed by atoms with E-state index < -0.39 is 0 Å². The van der Waals surface area contributed by atoms with Crippen LogP contribution in [0.1, 0.15) is 39.5 Å². The summed E-state index contributed by atoms with van der Waals surface area (Å²) in [5.74, 6) is 3.28. The van der Waals surface area contributed by atoms with Crippen LogP contribution in [0.25, 0.3) is 11.3 Å². The molecule has 7 nitrogen and oxygen atoms in total. The van der Waals surface area contributed by atoms with Crippen LogP contribution in [0.5, 0.6) is 0 Å². The summed E-state index contributed by atoms with van der Waals surface area (Å²) in [4.78, 5) is 14.2. The van der Waals surface area contributed by atoms with E-state index in [4.69, 9.17) is 14.6 Å². The molecule has 24 heavy (non-hydrogen) atoms. The molecule has 2 saturated heterocycles. The number of halogens is 1. The number of hydrogen-bond donors (Lipinski definition) is 0. The van der Waals surface area contributed by atoms with E-state index in [-0.39, 0.29) is 12.4 Å². The third-order valence-corrected chi connectivity index (χ3v) is 4.99. The van der Waals surface area contributed by atoms with E-state index >= 15 is 0 Å². The predicted octanol–water partition coefficient (Wildman–Crippen LogP) is 2.91. The number of hydrogen-bond acceptors (Lipinski definition) is 7. The van der Waals surface area contributed by atoms with Gasteiger partial charge in [0.05, 0.1) is 0 Å². The number of nitrogens with zero attached hydrogens (tertiary/aromatic N) is 6. The average molecular weight is 353 g/mol. The number of aromatic nitrogens is 4. The van der Waals surface area contributed by atoms with Gasteiger partial charge in [0.25, 0.3) is 0 Å². The highest BCUT2D eigenvalue weighted by atomic mass is 35.5. The molecule has 2 aromatic rings. The van der Waals surface area contributed by atoms with E-state index in [2.05, 4.69) is 34.0 Å². The third kappa shape index (κ3) is 3.27. The minimum Gasteiger partial charge on any atom is -0.353 e. The van der Waals surface area contributed by atoms with Crippen molar-refractivity contribution in [2.75, 3.05) is 36.0 Å². The molecule has 0 saturated carbocycles. The van der Waals surface area contributed by atoms with Crippen molar-refractivity contribution in [3.8, 4) is 0 Å². The Morgan fingerprint density at radius 2 is 1.29 bits per heavy atom. The molecule has 0 spiro atoms. The minimum atomic E-state index is 0. The van der Waals surface area contributed by atoms with Crippen molar-refractivity contribution in [1.82, 2.24) is 20.3 Å². The quantitative estimate of drug-likeness (QED) is 0.822. The third-order valence-electron chi connectivity index (χ3n) is 4.99. The van der Waals surface area contributed by atoms with Crippen LogP contribution >= 0.6 is 12.4 Å². The summed E-state index contributed by atoms with van der Waals surface area (Å²) in [6.45, 7) is 8.74. The van der Waals surface area contributed by atoms with Gasteiger partial charge in [-0.25, -0.2) is 14.6 Å². The van der Waals surface area contributed by atoms with Crippen LogP contribution in [-0.4, -0.2) is 46.5 Å². The van der Waals surface area contributed by atoms with E-state index in [9.17, 15) is 0 Å². The fraction of sp³-hybridized carbons (Fsp3) is 0.750. The van der Waals surface area contributed by atoms with E-state index in [0.29, 0.717) is 23.1 Å². The van der Waals surface area contributed by atoms with Crippen LogP contribution in [0.4, 0.5) is 11.6 Å². The van der Waals surface area contributed by atoms with E-state index in [1.54, 1.807) is 0 Å². The predicted molar refractivity (Wildman–Crippen MR) is 95.9 cm³/mol. The van der Waals surface area contributed by atoms with Crippen molar-refractivity contribution in [3.63, 3.8) is 0 Å². The summed E-state index contributed by atoms with van der Waals surface area (Å²) in [5.41, 5.74) is 1.01. The van der Waals surface area contributed by atoms with Gasteiger partial charge in [-0.2, -0.15) is 0 Å². The lowest BCUT2D eigenvalue weighted by Crippen LogP contribution is -2.39. The van der Waals surface area contributed by atoms with Gasteiger partial charge in [-0.15, -0.1) is 12.4 Å². The lowest BCUT2D eigenvalue weighted by Gasteiger charge is -2.37. The number of fused-ring (bicyclic) bond motifs is 1. The molecule has 132 valence electrons. The van der Waals surface area contributed by atoms with Gasteiger partial charge in [0.1, 0.15) is 0 Å². The zero-order chi connectivity index (χ0) is 15.8. The maximum Gasteiger partial charge on any atom is 0.245 e. The summed E-state index contributed by atoms with van der Waals surface area (Å²) >= 11 is 0. The second kappa shape index (κ2) is 7.09. The Kier molecular flexibility index (Phi) is 5.08. The topological polar surface area (TPSA) is 71.2 Å². The summed E-state index contributed by atoms with van der Waals surface area (Å²) in [6.07, 6.45) is 4.98. The monoisotopic (exact) mass is 352 g/mol. The summed E-state index contributed by atoms with van der Waals surface area (Å²) in [7, 11) is 0. The van der Waals surface area contributed by atoms with Gasteiger partial charge < -0.3 is 9.80 Å². The molecule has 4 heterocycles. The van der Waals surface area contributed by atoms with Crippen molar-refractivity contribution in [3.05, 3.63) is 0 Å². The SMILES string of the molecule is CC1CCCN(c2nc3nonc3nc2N2CCCC(C)C2)C1.Cl. The molecular formula is C16H25ClN6O. The lowest BCUT2D eigenvalue weighted by atomic mass is 9.99. The molecule has 2 atom stereocenters. The minimum absolute atomic E-state index is 0. The number of rotatable bonds is 2. The fourth-order valence-corrected chi connectivity index (χ4v) is 3.81. The summed E-state index contributed by atoms with van der Waals surface area (Å²) < 4.78 is 4.83. The molecule has 0 amide bonds. The first-order valence-corrected chi connectivity index (χ1v) is 8.71. The van der Waals surface area contributed by atoms with Crippen molar-refractivity contribution < 1.29 is 4.63 Å². The first kappa shape index (κ1) is 17.2. The van der Waals surface area contributed by atoms with Gasteiger partial charge >= 0.3 is 0 Å². The highest BCUT2D eigenvalue weighted by Crippen LogP contribution is 2.32. The smallest absolute Gasteiger partial charge is 0.245 e. The van der Waals surface area contributed by atoms with Crippen LogP contribution in [-0.2, 0) is 0 Å². The molecule has 4 rings (SSSR count). The highest BCUT2D eigenvalue weighted by molar-refractivity contribution is 5.85. The maximum absolute atomic E-state index is 4.83. The van der Waals surface area contributed by atoms with Gasteiger partial charge in [0.15, 0.2) is 11.6 Å². The molecule has 2 aliphatic rings. The summed E-state index contributed by atoms with van der Waals surface area (Å²) in [6, 6.07) is 0. The largest absolute Gasteiger partial charge is 0.353 e. The molecule has 2 fully saturated rings. The second-order valence-electron chi connectivity index (χ2n) is 7.17. The van der Waals surface area contributed by atoms with E-state index in [0.717, 1.165) is 37.8 Å². The van der Waals surface area contributed by atoms with Crippen LogP contribution in [0, 0.1) is 11.8 Å². The van der Waals surface area contributed by atoms with Crippen LogP contribution in [0.15, 0.2) is 4.63 Å². The van der Waals surface area contributed by atoms with Gasteiger partial charge in [0.2, 0.25) is 11.3 Å². The van der Waals surface area contributed by atoms with Gasteiger partial charge in [-0.3, -0.25) is 0 Å².